The Kier molecular flexibility index (Phi) is 4.01. The molecule has 110 valence electrons. The van der Waals surface area contributed by atoms with Crippen LogP contribution in [0.2, 0.25) is 0 Å². The third-order valence-electron chi connectivity index (χ3n) is 3.79. The lowest BCUT2D eigenvalue weighted by atomic mass is 10.1. The molecule has 3 rings (SSSR count). The van der Waals surface area contributed by atoms with E-state index in [4.69, 9.17) is 9.47 Å². The number of carbonyl (C=O) groups excluding carboxylic acids is 1. The Morgan fingerprint density at radius 3 is 3.10 bits per heavy atom. The second-order valence-corrected chi connectivity index (χ2v) is 5.22. The van der Waals surface area contributed by atoms with Crippen LogP contribution < -0.4 is 10.1 Å². The molecule has 5 heteroatoms. The van der Waals surface area contributed by atoms with Gasteiger partial charge in [0.05, 0.1) is 19.2 Å². The maximum absolute atomic E-state index is 11.5. The molecule has 1 fully saturated rings. The van der Waals surface area contributed by atoms with Gasteiger partial charge in [-0.05, 0) is 24.6 Å². The quantitative estimate of drug-likeness (QED) is 0.868. The molecule has 0 saturated carbocycles. The highest BCUT2D eigenvalue weighted by molar-refractivity contribution is 5.84. The SMILES string of the molecule is COC(=O)C1CC(COc2ccnc3ccccc23)CN1. The van der Waals surface area contributed by atoms with Crippen LogP contribution in [-0.2, 0) is 9.53 Å². The highest BCUT2D eigenvalue weighted by Crippen LogP contribution is 2.25. The zero-order chi connectivity index (χ0) is 14.7. The van der Waals surface area contributed by atoms with Gasteiger partial charge in [-0.2, -0.15) is 0 Å². The van der Waals surface area contributed by atoms with Gasteiger partial charge in [0.25, 0.3) is 0 Å². The number of pyridine rings is 1. The van der Waals surface area contributed by atoms with E-state index in [1.54, 1.807) is 6.20 Å². The van der Waals surface area contributed by atoms with Gasteiger partial charge in [0.2, 0.25) is 0 Å². The molecule has 2 aromatic rings. The smallest absolute Gasteiger partial charge is 0.322 e. The summed E-state index contributed by atoms with van der Waals surface area (Å²) in [7, 11) is 1.41. The molecular weight excluding hydrogens is 268 g/mol. The van der Waals surface area contributed by atoms with Crippen molar-refractivity contribution >= 4 is 16.9 Å². The lowest BCUT2D eigenvalue weighted by molar-refractivity contribution is -0.142. The summed E-state index contributed by atoms with van der Waals surface area (Å²) in [5.41, 5.74) is 0.923. The number of esters is 1. The third-order valence-corrected chi connectivity index (χ3v) is 3.79. The normalized spacial score (nSPS) is 21.4. The van der Waals surface area contributed by atoms with Gasteiger partial charge < -0.3 is 14.8 Å². The molecule has 1 aliphatic rings. The van der Waals surface area contributed by atoms with Crippen LogP contribution in [0.25, 0.3) is 10.9 Å². The minimum Gasteiger partial charge on any atom is -0.492 e. The second kappa shape index (κ2) is 6.10. The van der Waals surface area contributed by atoms with Gasteiger partial charge in [0, 0.05) is 24.0 Å². The van der Waals surface area contributed by atoms with Crippen LogP contribution in [0.15, 0.2) is 36.5 Å². The van der Waals surface area contributed by atoms with E-state index in [1.807, 2.05) is 30.3 Å². The number of benzene rings is 1. The number of hydrogen-bond donors (Lipinski definition) is 1. The Morgan fingerprint density at radius 2 is 2.24 bits per heavy atom. The maximum atomic E-state index is 11.5. The van der Waals surface area contributed by atoms with Gasteiger partial charge in [-0.1, -0.05) is 12.1 Å². The lowest BCUT2D eigenvalue weighted by Crippen LogP contribution is -2.31. The number of aromatic nitrogens is 1. The first-order valence-electron chi connectivity index (χ1n) is 7.05. The summed E-state index contributed by atoms with van der Waals surface area (Å²) in [6, 6.07) is 9.57. The van der Waals surface area contributed by atoms with Crippen LogP contribution in [0, 0.1) is 5.92 Å². The molecule has 1 aromatic carbocycles. The Labute approximate surface area is 123 Å². The van der Waals surface area contributed by atoms with Crippen molar-refractivity contribution in [2.75, 3.05) is 20.3 Å². The number of rotatable bonds is 4. The first-order chi connectivity index (χ1) is 10.3. The van der Waals surface area contributed by atoms with E-state index in [1.165, 1.54) is 7.11 Å². The molecule has 1 N–H and O–H groups in total. The fourth-order valence-electron chi connectivity index (χ4n) is 2.66. The number of carbonyl (C=O) groups is 1. The summed E-state index contributed by atoms with van der Waals surface area (Å²) >= 11 is 0. The van der Waals surface area contributed by atoms with E-state index < -0.39 is 0 Å². The Morgan fingerprint density at radius 1 is 1.38 bits per heavy atom. The molecule has 1 aromatic heterocycles. The summed E-state index contributed by atoms with van der Waals surface area (Å²) in [5.74, 6) is 0.940. The van der Waals surface area contributed by atoms with Crippen LogP contribution in [0.3, 0.4) is 0 Å². The van der Waals surface area contributed by atoms with E-state index in [9.17, 15) is 4.79 Å². The van der Waals surface area contributed by atoms with Crippen molar-refractivity contribution in [1.29, 1.82) is 0 Å². The molecule has 0 spiro atoms. The van der Waals surface area contributed by atoms with Crippen LogP contribution in [0.5, 0.6) is 5.75 Å². The Hall–Kier alpha value is -2.14. The highest BCUT2D eigenvalue weighted by Gasteiger charge is 2.30. The summed E-state index contributed by atoms with van der Waals surface area (Å²) < 4.78 is 10.7. The molecule has 0 radical (unpaired) electrons. The molecule has 2 unspecified atom stereocenters. The number of ether oxygens (including phenoxy) is 2. The van der Waals surface area contributed by atoms with Crippen LogP contribution >= 0.6 is 0 Å². The number of methoxy groups -OCH3 is 1. The number of nitrogens with zero attached hydrogens (tertiary/aromatic N) is 1. The Balaban J connectivity index is 1.64. The van der Waals surface area contributed by atoms with Crippen molar-refractivity contribution in [1.82, 2.24) is 10.3 Å². The van der Waals surface area contributed by atoms with Gasteiger partial charge >= 0.3 is 5.97 Å². The molecule has 21 heavy (non-hydrogen) atoms. The molecule has 0 amide bonds. The van der Waals surface area contributed by atoms with Crippen molar-refractivity contribution in [2.24, 2.45) is 5.92 Å². The number of nitrogens with one attached hydrogen (secondary N) is 1. The summed E-state index contributed by atoms with van der Waals surface area (Å²) in [5, 5.41) is 4.17. The standard InChI is InChI=1S/C16H18N2O3/c1-20-16(19)14-8-11(9-18-14)10-21-15-6-7-17-13-5-3-2-4-12(13)15/h2-7,11,14,18H,8-10H2,1H3. The van der Waals surface area contributed by atoms with Gasteiger partial charge in [-0.15, -0.1) is 0 Å². The van der Waals surface area contributed by atoms with Crippen LogP contribution in [0.4, 0.5) is 0 Å². The van der Waals surface area contributed by atoms with Gasteiger partial charge in [-0.3, -0.25) is 9.78 Å². The second-order valence-electron chi connectivity index (χ2n) is 5.22. The van der Waals surface area contributed by atoms with E-state index >= 15 is 0 Å². The first-order valence-corrected chi connectivity index (χ1v) is 7.05. The predicted molar refractivity (Wildman–Crippen MR) is 79.2 cm³/mol. The fourth-order valence-corrected chi connectivity index (χ4v) is 2.66. The average molecular weight is 286 g/mol. The largest absolute Gasteiger partial charge is 0.492 e. The van der Waals surface area contributed by atoms with Crippen molar-refractivity contribution in [3.63, 3.8) is 0 Å². The van der Waals surface area contributed by atoms with Crippen LogP contribution in [-0.4, -0.2) is 37.3 Å². The number of hydrogen-bond acceptors (Lipinski definition) is 5. The molecule has 1 aliphatic heterocycles. The highest BCUT2D eigenvalue weighted by atomic mass is 16.5. The number of para-hydroxylation sites is 1. The Bertz CT molecular complexity index is 639. The number of fused-ring (bicyclic) bond motifs is 1. The molecule has 5 nitrogen and oxygen atoms in total. The van der Waals surface area contributed by atoms with E-state index in [-0.39, 0.29) is 12.0 Å². The minimum absolute atomic E-state index is 0.202. The molecule has 1 saturated heterocycles. The predicted octanol–water partition coefficient (Wildman–Crippen LogP) is 1.76. The van der Waals surface area contributed by atoms with E-state index in [0.717, 1.165) is 29.6 Å². The summed E-state index contributed by atoms with van der Waals surface area (Å²) in [6.07, 6.45) is 2.50. The van der Waals surface area contributed by atoms with Crippen molar-refractivity contribution in [2.45, 2.75) is 12.5 Å². The summed E-state index contributed by atoms with van der Waals surface area (Å²) in [4.78, 5) is 15.8. The zero-order valence-corrected chi connectivity index (χ0v) is 11.9. The van der Waals surface area contributed by atoms with Crippen molar-refractivity contribution in [3.8, 4) is 5.75 Å². The summed E-state index contributed by atoms with van der Waals surface area (Å²) in [6.45, 7) is 1.34. The van der Waals surface area contributed by atoms with Gasteiger partial charge in [0.1, 0.15) is 11.8 Å². The molecule has 2 atom stereocenters. The molecular formula is C16H18N2O3. The fraction of sp³-hybridized carbons (Fsp3) is 0.375. The van der Waals surface area contributed by atoms with Gasteiger partial charge in [-0.25, -0.2) is 0 Å². The maximum Gasteiger partial charge on any atom is 0.322 e. The van der Waals surface area contributed by atoms with E-state index in [0.29, 0.717) is 12.5 Å². The average Bonchev–Trinajstić information content (AvgIpc) is 3.01. The monoisotopic (exact) mass is 286 g/mol. The van der Waals surface area contributed by atoms with Crippen molar-refractivity contribution < 1.29 is 14.3 Å². The molecule has 0 bridgehead atoms. The lowest BCUT2D eigenvalue weighted by Gasteiger charge is -2.12. The van der Waals surface area contributed by atoms with Crippen molar-refractivity contribution in [3.05, 3.63) is 36.5 Å². The topological polar surface area (TPSA) is 60.5 Å². The zero-order valence-electron chi connectivity index (χ0n) is 11.9. The van der Waals surface area contributed by atoms with E-state index in [2.05, 4.69) is 10.3 Å². The van der Waals surface area contributed by atoms with Crippen LogP contribution in [0.1, 0.15) is 6.42 Å². The molecule has 0 aliphatic carbocycles. The first kappa shape index (κ1) is 13.8. The molecule has 2 heterocycles. The third kappa shape index (κ3) is 2.97. The minimum atomic E-state index is -0.210. The van der Waals surface area contributed by atoms with Gasteiger partial charge in [0.15, 0.2) is 0 Å².